The van der Waals surface area contributed by atoms with Crippen LogP contribution in [0.1, 0.15) is 25.6 Å². The van der Waals surface area contributed by atoms with Gasteiger partial charge in [0.15, 0.2) is 5.96 Å². The van der Waals surface area contributed by atoms with Crippen molar-refractivity contribution in [2.75, 3.05) is 51.3 Å². The summed E-state index contributed by atoms with van der Waals surface area (Å²) >= 11 is 0. The number of imidazole rings is 1. The largest absolute Gasteiger partial charge is 0.495 e. The van der Waals surface area contributed by atoms with Crippen LogP contribution < -0.4 is 15.0 Å². The standard InChI is InChI=1S/C22H34N6O/c1-4-23-22(25-11-7-8-13-26-14-12-24-19(26)2)28-17-15-27(16-18-28)20-9-5-6-10-21(20)29-3/h5-6,9-10,12,14H,4,7-8,11,13,15-18H2,1-3H3,(H,23,25). The summed E-state index contributed by atoms with van der Waals surface area (Å²) in [6.07, 6.45) is 6.10. The Kier molecular flexibility index (Phi) is 7.78. The van der Waals surface area contributed by atoms with Crippen molar-refractivity contribution in [2.24, 2.45) is 4.99 Å². The Morgan fingerprint density at radius 2 is 1.97 bits per heavy atom. The minimum Gasteiger partial charge on any atom is -0.495 e. The summed E-state index contributed by atoms with van der Waals surface area (Å²) in [5.74, 6) is 3.05. The van der Waals surface area contributed by atoms with E-state index in [2.05, 4.69) is 43.7 Å². The summed E-state index contributed by atoms with van der Waals surface area (Å²) in [5, 5.41) is 3.46. The third kappa shape index (κ3) is 5.65. The van der Waals surface area contributed by atoms with Gasteiger partial charge in [0, 0.05) is 58.2 Å². The molecule has 7 nitrogen and oxygen atoms in total. The van der Waals surface area contributed by atoms with Gasteiger partial charge in [0.05, 0.1) is 12.8 Å². The molecule has 0 amide bonds. The molecule has 1 saturated heterocycles. The van der Waals surface area contributed by atoms with Crippen LogP contribution in [0.2, 0.25) is 0 Å². The number of para-hydroxylation sites is 2. The molecule has 0 unspecified atom stereocenters. The molecule has 0 spiro atoms. The number of hydrogen-bond acceptors (Lipinski definition) is 4. The Balaban J connectivity index is 1.49. The fourth-order valence-electron chi connectivity index (χ4n) is 3.69. The molecule has 2 heterocycles. The minimum atomic E-state index is 0.850. The van der Waals surface area contributed by atoms with Gasteiger partial charge in [-0.25, -0.2) is 4.98 Å². The fourth-order valence-corrected chi connectivity index (χ4v) is 3.69. The number of aliphatic imine (C=N–C) groups is 1. The van der Waals surface area contributed by atoms with Crippen LogP contribution >= 0.6 is 0 Å². The maximum Gasteiger partial charge on any atom is 0.194 e. The second-order valence-electron chi connectivity index (χ2n) is 7.26. The maximum atomic E-state index is 5.52. The van der Waals surface area contributed by atoms with Gasteiger partial charge in [-0.05, 0) is 38.8 Å². The lowest BCUT2D eigenvalue weighted by Crippen LogP contribution is -2.52. The summed E-state index contributed by atoms with van der Waals surface area (Å²) in [5.41, 5.74) is 1.17. The third-order valence-corrected chi connectivity index (χ3v) is 5.33. The average molecular weight is 399 g/mol. The van der Waals surface area contributed by atoms with Crippen LogP contribution in [-0.4, -0.2) is 66.8 Å². The number of benzene rings is 1. The Bertz CT molecular complexity index is 779. The van der Waals surface area contributed by atoms with E-state index < -0.39 is 0 Å². The topological polar surface area (TPSA) is 57.9 Å². The normalized spacial score (nSPS) is 14.9. The van der Waals surface area contributed by atoms with E-state index in [9.17, 15) is 0 Å². The molecule has 1 aromatic heterocycles. The number of nitrogens with one attached hydrogen (secondary N) is 1. The van der Waals surface area contributed by atoms with Crippen LogP contribution in [0.15, 0.2) is 41.7 Å². The lowest BCUT2D eigenvalue weighted by Gasteiger charge is -2.38. The van der Waals surface area contributed by atoms with Crippen molar-refractivity contribution >= 4 is 11.6 Å². The van der Waals surface area contributed by atoms with Gasteiger partial charge in [-0.3, -0.25) is 4.99 Å². The highest BCUT2D eigenvalue weighted by Gasteiger charge is 2.21. The number of nitrogens with zero attached hydrogens (tertiary/aromatic N) is 5. The van der Waals surface area contributed by atoms with E-state index in [0.29, 0.717) is 0 Å². The molecule has 0 aliphatic carbocycles. The highest BCUT2D eigenvalue weighted by atomic mass is 16.5. The van der Waals surface area contributed by atoms with Crippen LogP contribution in [0, 0.1) is 6.92 Å². The number of piperazine rings is 1. The summed E-state index contributed by atoms with van der Waals surface area (Å²) in [4.78, 5) is 13.9. The average Bonchev–Trinajstić information content (AvgIpc) is 3.17. The van der Waals surface area contributed by atoms with Gasteiger partial charge in [0.1, 0.15) is 11.6 Å². The molecule has 2 aromatic rings. The third-order valence-electron chi connectivity index (χ3n) is 5.33. The van der Waals surface area contributed by atoms with Gasteiger partial charge in [-0.1, -0.05) is 12.1 Å². The first-order valence-electron chi connectivity index (χ1n) is 10.6. The monoisotopic (exact) mass is 398 g/mol. The van der Waals surface area contributed by atoms with Crippen molar-refractivity contribution in [1.29, 1.82) is 0 Å². The zero-order valence-electron chi connectivity index (χ0n) is 18.0. The summed E-state index contributed by atoms with van der Waals surface area (Å²) in [7, 11) is 1.74. The molecule has 0 atom stereocenters. The molecule has 1 aliphatic heterocycles. The van der Waals surface area contributed by atoms with Crippen LogP contribution in [0.5, 0.6) is 5.75 Å². The van der Waals surface area contributed by atoms with Gasteiger partial charge in [0.2, 0.25) is 0 Å². The molecule has 7 heteroatoms. The Morgan fingerprint density at radius 3 is 2.66 bits per heavy atom. The van der Waals surface area contributed by atoms with Gasteiger partial charge < -0.3 is 24.4 Å². The molecule has 158 valence electrons. The second-order valence-corrected chi connectivity index (χ2v) is 7.26. The number of unbranched alkanes of at least 4 members (excludes halogenated alkanes) is 1. The highest BCUT2D eigenvalue weighted by Crippen LogP contribution is 2.28. The highest BCUT2D eigenvalue weighted by molar-refractivity contribution is 5.80. The molecule has 1 N–H and O–H groups in total. The quantitative estimate of drug-likeness (QED) is 0.421. The molecular weight excluding hydrogens is 364 g/mol. The molecule has 1 aromatic carbocycles. The van der Waals surface area contributed by atoms with E-state index in [1.165, 1.54) is 5.69 Å². The fraction of sp³-hybridized carbons (Fsp3) is 0.545. The number of aromatic nitrogens is 2. The van der Waals surface area contributed by atoms with E-state index in [-0.39, 0.29) is 0 Å². The van der Waals surface area contributed by atoms with E-state index in [4.69, 9.17) is 9.73 Å². The predicted octanol–water partition coefficient (Wildman–Crippen LogP) is 2.77. The number of aryl methyl sites for hydroxylation is 2. The molecule has 29 heavy (non-hydrogen) atoms. The van der Waals surface area contributed by atoms with Gasteiger partial charge in [-0.2, -0.15) is 0 Å². The van der Waals surface area contributed by atoms with Crippen molar-refractivity contribution in [3.63, 3.8) is 0 Å². The van der Waals surface area contributed by atoms with Gasteiger partial charge in [0.25, 0.3) is 0 Å². The van der Waals surface area contributed by atoms with Crippen molar-refractivity contribution < 1.29 is 4.74 Å². The first-order valence-corrected chi connectivity index (χ1v) is 10.6. The molecule has 0 bridgehead atoms. The second kappa shape index (κ2) is 10.7. The van der Waals surface area contributed by atoms with E-state index >= 15 is 0 Å². The van der Waals surface area contributed by atoms with Crippen LogP contribution in [-0.2, 0) is 6.54 Å². The molecule has 0 radical (unpaired) electrons. The van der Waals surface area contributed by atoms with Crippen LogP contribution in [0.4, 0.5) is 5.69 Å². The number of ether oxygens (including phenoxy) is 1. The molecule has 1 aliphatic rings. The SMILES string of the molecule is CCNC(=NCCCCn1ccnc1C)N1CCN(c2ccccc2OC)CC1. The zero-order valence-corrected chi connectivity index (χ0v) is 18.0. The first kappa shape index (κ1) is 21.0. The number of rotatable bonds is 8. The van der Waals surface area contributed by atoms with Crippen molar-refractivity contribution in [3.05, 3.63) is 42.5 Å². The van der Waals surface area contributed by atoms with E-state index in [0.717, 1.165) is 76.2 Å². The number of anilines is 1. The minimum absolute atomic E-state index is 0.850. The van der Waals surface area contributed by atoms with E-state index in [1.54, 1.807) is 7.11 Å². The lowest BCUT2D eigenvalue weighted by atomic mass is 10.2. The van der Waals surface area contributed by atoms with Gasteiger partial charge in [-0.15, -0.1) is 0 Å². The molecule has 0 saturated carbocycles. The Morgan fingerprint density at radius 1 is 1.17 bits per heavy atom. The predicted molar refractivity (Wildman–Crippen MR) is 119 cm³/mol. The summed E-state index contributed by atoms with van der Waals surface area (Å²) < 4.78 is 7.73. The van der Waals surface area contributed by atoms with Crippen molar-refractivity contribution in [1.82, 2.24) is 19.8 Å². The van der Waals surface area contributed by atoms with E-state index in [1.807, 2.05) is 31.5 Å². The first-order chi connectivity index (χ1) is 14.2. The van der Waals surface area contributed by atoms with Crippen LogP contribution in [0.3, 0.4) is 0 Å². The Hall–Kier alpha value is -2.70. The summed E-state index contributed by atoms with van der Waals surface area (Å²) in [6, 6.07) is 8.25. The zero-order chi connectivity index (χ0) is 20.5. The number of methoxy groups -OCH3 is 1. The molecule has 3 rings (SSSR count). The lowest BCUT2D eigenvalue weighted by molar-refractivity contribution is 0.367. The smallest absolute Gasteiger partial charge is 0.194 e. The van der Waals surface area contributed by atoms with Gasteiger partial charge >= 0.3 is 0 Å². The molecule has 1 fully saturated rings. The van der Waals surface area contributed by atoms with Crippen LogP contribution in [0.25, 0.3) is 0 Å². The Labute approximate surface area is 174 Å². The maximum absolute atomic E-state index is 5.52. The molecular formula is C22H34N6O. The van der Waals surface area contributed by atoms with Crippen molar-refractivity contribution in [3.8, 4) is 5.75 Å². The number of guanidine groups is 1. The summed E-state index contributed by atoms with van der Waals surface area (Å²) in [6.45, 7) is 10.8. The number of hydrogen-bond donors (Lipinski definition) is 1. The van der Waals surface area contributed by atoms with Crippen molar-refractivity contribution in [2.45, 2.75) is 33.2 Å².